The third kappa shape index (κ3) is 7.65. The lowest BCUT2D eigenvalue weighted by Crippen LogP contribution is -2.55. The second-order valence-corrected chi connectivity index (χ2v) is 10.2. The Morgan fingerprint density at radius 3 is 2.68 bits per heavy atom. The number of rotatable bonds is 14. The summed E-state index contributed by atoms with van der Waals surface area (Å²) in [4.78, 5) is 39.1. The Labute approximate surface area is 230 Å². The van der Waals surface area contributed by atoms with Crippen LogP contribution >= 0.6 is 22.6 Å². The van der Waals surface area contributed by atoms with Gasteiger partial charge in [0, 0.05) is 49.8 Å². The molecule has 11 heteroatoms. The maximum atomic E-state index is 13.3. The third-order valence-corrected chi connectivity index (χ3v) is 7.16. The molecule has 2 aliphatic carbocycles. The first-order valence-corrected chi connectivity index (χ1v) is 13.6. The highest BCUT2D eigenvalue weighted by Crippen LogP contribution is 2.38. The van der Waals surface area contributed by atoms with E-state index >= 15 is 0 Å². The highest BCUT2D eigenvalue weighted by atomic mass is 127. The summed E-state index contributed by atoms with van der Waals surface area (Å²) in [5.74, 6) is 0.115. The summed E-state index contributed by atoms with van der Waals surface area (Å²) < 4.78 is 17.7. The summed E-state index contributed by atoms with van der Waals surface area (Å²) in [6, 6.07) is 2.47. The number of halogens is 1. The molecule has 0 saturated heterocycles. The van der Waals surface area contributed by atoms with Crippen molar-refractivity contribution < 1.29 is 38.8 Å². The Bertz CT molecular complexity index is 997. The molecule has 0 radical (unpaired) electrons. The molecule has 3 unspecified atom stereocenters. The van der Waals surface area contributed by atoms with E-state index < -0.39 is 24.2 Å². The van der Waals surface area contributed by atoms with Gasteiger partial charge in [0.15, 0.2) is 11.5 Å². The van der Waals surface area contributed by atoms with Crippen LogP contribution in [0.15, 0.2) is 23.8 Å². The number of ether oxygens (including phenoxy) is 3. The van der Waals surface area contributed by atoms with E-state index in [-0.39, 0.29) is 31.4 Å². The minimum absolute atomic E-state index is 0.0428. The Hall–Kier alpha value is -2.22. The molecule has 3 rings (SSSR count). The molecule has 3 N–H and O–H groups in total. The SMILES string of the molecule is CCOCCCN(C(=O)C1CC1)C1CC(C(=O)NCCO)=CC(Oc2c(I)cc(C=O)cc2OC)C1O. The van der Waals surface area contributed by atoms with Gasteiger partial charge in [0.1, 0.15) is 18.5 Å². The van der Waals surface area contributed by atoms with E-state index in [0.29, 0.717) is 58.7 Å². The maximum Gasteiger partial charge on any atom is 0.247 e. The van der Waals surface area contributed by atoms with Gasteiger partial charge in [-0.25, -0.2) is 0 Å². The van der Waals surface area contributed by atoms with Gasteiger partial charge in [-0.2, -0.15) is 0 Å². The van der Waals surface area contributed by atoms with Crippen LogP contribution < -0.4 is 14.8 Å². The maximum absolute atomic E-state index is 13.3. The molecule has 1 aromatic carbocycles. The smallest absolute Gasteiger partial charge is 0.247 e. The van der Waals surface area contributed by atoms with Crippen LogP contribution in [0.5, 0.6) is 11.5 Å². The molecular formula is C26H35IN2O8. The fourth-order valence-electron chi connectivity index (χ4n) is 4.32. The Morgan fingerprint density at radius 2 is 2.05 bits per heavy atom. The summed E-state index contributed by atoms with van der Waals surface area (Å²) in [5.41, 5.74) is 0.761. The van der Waals surface area contributed by atoms with Crippen LogP contribution in [0, 0.1) is 9.49 Å². The zero-order valence-electron chi connectivity index (χ0n) is 21.2. The van der Waals surface area contributed by atoms with Crippen LogP contribution in [-0.4, -0.2) is 91.5 Å². The monoisotopic (exact) mass is 630 g/mol. The number of hydrogen-bond donors (Lipinski definition) is 3. The van der Waals surface area contributed by atoms with Crippen molar-refractivity contribution >= 4 is 40.7 Å². The number of amides is 2. The first kappa shape index (κ1) is 29.3. The summed E-state index contributed by atoms with van der Waals surface area (Å²) >= 11 is 2.02. The molecule has 37 heavy (non-hydrogen) atoms. The van der Waals surface area contributed by atoms with Crippen LogP contribution in [0.4, 0.5) is 0 Å². The van der Waals surface area contributed by atoms with Crippen LogP contribution in [0.3, 0.4) is 0 Å². The van der Waals surface area contributed by atoms with E-state index in [1.165, 1.54) is 13.2 Å². The summed E-state index contributed by atoms with van der Waals surface area (Å²) in [5, 5.41) is 23.3. The summed E-state index contributed by atoms with van der Waals surface area (Å²) in [7, 11) is 1.45. The minimum Gasteiger partial charge on any atom is -0.493 e. The molecule has 2 amide bonds. The standard InChI is InChI=1S/C26H35IN2O8/c1-3-36-10-4-8-29(26(34)17-5-6-17)20-13-18(25(33)28-7-9-30)14-21(23(20)32)37-24-19(27)11-16(15-31)12-22(24)35-2/h11-12,14-15,17,20-21,23,30,32H,3-10,13H2,1-2H3,(H,28,33). The zero-order valence-corrected chi connectivity index (χ0v) is 23.3. The van der Waals surface area contributed by atoms with Gasteiger partial charge in [0.25, 0.3) is 0 Å². The molecule has 0 aromatic heterocycles. The lowest BCUT2D eigenvalue weighted by Gasteiger charge is -2.41. The van der Waals surface area contributed by atoms with E-state index in [1.807, 2.05) is 29.5 Å². The first-order chi connectivity index (χ1) is 17.8. The van der Waals surface area contributed by atoms with Gasteiger partial charge >= 0.3 is 0 Å². The number of carbonyl (C=O) groups is 3. The molecule has 204 valence electrons. The molecule has 0 heterocycles. The number of hydrogen-bond acceptors (Lipinski definition) is 8. The number of nitrogens with zero attached hydrogens (tertiary/aromatic N) is 1. The molecule has 1 saturated carbocycles. The largest absolute Gasteiger partial charge is 0.493 e. The number of benzene rings is 1. The Morgan fingerprint density at radius 1 is 1.30 bits per heavy atom. The predicted octanol–water partition coefficient (Wildman–Crippen LogP) is 1.69. The lowest BCUT2D eigenvalue weighted by molar-refractivity contribution is -0.140. The van der Waals surface area contributed by atoms with Gasteiger partial charge in [-0.15, -0.1) is 0 Å². The van der Waals surface area contributed by atoms with Gasteiger partial charge in [-0.05, 0) is 67.0 Å². The van der Waals surface area contributed by atoms with E-state index in [1.54, 1.807) is 17.0 Å². The van der Waals surface area contributed by atoms with Crippen LogP contribution in [-0.2, 0) is 14.3 Å². The summed E-state index contributed by atoms with van der Waals surface area (Å²) in [6.45, 7) is 3.19. The van der Waals surface area contributed by atoms with Crippen molar-refractivity contribution in [3.63, 3.8) is 0 Å². The van der Waals surface area contributed by atoms with Gasteiger partial charge < -0.3 is 34.6 Å². The highest BCUT2D eigenvalue weighted by Gasteiger charge is 2.43. The average molecular weight is 630 g/mol. The number of aliphatic hydroxyl groups excluding tert-OH is 2. The average Bonchev–Trinajstić information content (AvgIpc) is 3.75. The molecule has 1 fully saturated rings. The first-order valence-electron chi connectivity index (χ1n) is 12.5. The Balaban J connectivity index is 1.94. The summed E-state index contributed by atoms with van der Waals surface area (Å²) in [6.07, 6.45) is 2.50. The van der Waals surface area contributed by atoms with E-state index in [4.69, 9.17) is 19.3 Å². The fourth-order valence-corrected chi connectivity index (χ4v) is 5.08. The quantitative estimate of drug-likeness (QED) is 0.161. The van der Waals surface area contributed by atoms with Gasteiger partial charge in [-0.1, -0.05) is 0 Å². The van der Waals surface area contributed by atoms with Crippen molar-refractivity contribution in [2.24, 2.45) is 5.92 Å². The molecule has 0 aliphatic heterocycles. The molecule has 0 spiro atoms. The molecular weight excluding hydrogens is 595 g/mol. The topological polar surface area (TPSA) is 135 Å². The van der Waals surface area contributed by atoms with Crippen LogP contribution in [0.1, 0.15) is 43.0 Å². The normalized spacial score (nSPS) is 21.1. The molecule has 1 aromatic rings. The van der Waals surface area contributed by atoms with E-state index in [9.17, 15) is 19.5 Å². The zero-order chi connectivity index (χ0) is 26.9. The van der Waals surface area contributed by atoms with Gasteiger partial charge in [0.05, 0.1) is 23.3 Å². The number of aldehydes is 1. The number of carbonyl (C=O) groups excluding carboxylic acids is 3. The lowest BCUT2D eigenvalue weighted by atomic mass is 9.87. The van der Waals surface area contributed by atoms with E-state index in [2.05, 4.69) is 5.32 Å². The molecule has 0 bridgehead atoms. The second-order valence-electron chi connectivity index (χ2n) is 9.02. The highest BCUT2D eigenvalue weighted by molar-refractivity contribution is 14.1. The predicted molar refractivity (Wildman–Crippen MR) is 144 cm³/mol. The van der Waals surface area contributed by atoms with Crippen molar-refractivity contribution in [3.05, 3.63) is 32.9 Å². The van der Waals surface area contributed by atoms with Crippen molar-refractivity contribution in [3.8, 4) is 11.5 Å². The number of aliphatic hydroxyl groups is 2. The Kier molecular flexibility index (Phi) is 11.2. The van der Waals surface area contributed by atoms with Gasteiger partial charge in [0.2, 0.25) is 11.8 Å². The second kappa shape index (κ2) is 14.1. The van der Waals surface area contributed by atoms with Gasteiger partial charge in [-0.3, -0.25) is 14.4 Å². The number of methoxy groups -OCH3 is 1. The van der Waals surface area contributed by atoms with Crippen molar-refractivity contribution in [2.45, 2.75) is 50.9 Å². The van der Waals surface area contributed by atoms with Crippen molar-refractivity contribution in [1.29, 1.82) is 0 Å². The van der Waals surface area contributed by atoms with E-state index in [0.717, 1.165) is 12.8 Å². The van der Waals surface area contributed by atoms with Crippen LogP contribution in [0.2, 0.25) is 0 Å². The third-order valence-electron chi connectivity index (χ3n) is 6.36. The number of nitrogens with one attached hydrogen (secondary N) is 1. The molecule has 10 nitrogen and oxygen atoms in total. The van der Waals surface area contributed by atoms with Crippen LogP contribution in [0.25, 0.3) is 0 Å². The fraction of sp³-hybridized carbons (Fsp3) is 0.577. The molecule has 2 aliphatic rings. The minimum atomic E-state index is -1.13. The molecule has 3 atom stereocenters. The van der Waals surface area contributed by atoms with Crippen molar-refractivity contribution in [1.82, 2.24) is 10.2 Å². The van der Waals surface area contributed by atoms with Crippen molar-refractivity contribution in [2.75, 3.05) is 40.0 Å².